The fourth-order valence-corrected chi connectivity index (χ4v) is 3.73. The summed E-state index contributed by atoms with van der Waals surface area (Å²) >= 11 is 1.04. The Morgan fingerprint density at radius 1 is 1.04 bits per heavy atom. The Morgan fingerprint density at radius 2 is 1.75 bits per heavy atom. The van der Waals surface area contributed by atoms with Gasteiger partial charge in [-0.25, -0.2) is 4.39 Å². The van der Waals surface area contributed by atoms with E-state index in [-0.39, 0.29) is 18.2 Å². The van der Waals surface area contributed by atoms with Crippen LogP contribution < -0.4 is 10.2 Å². The molecule has 5 nitrogen and oxygen atoms in total. The number of carbonyl (C=O) groups is 2. The van der Waals surface area contributed by atoms with E-state index in [9.17, 15) is 14.0 Å². The van der Waals surface area contributed by atoms with Crippen molar-refractivity contribution in [3.63, 3.8) is 0 Å². The lowest BCUT2D eigenvalue weighted by Gasteiger charge is -2.28. The number of anilines is 2. The summed E-state index contributed by atoms with van der Waals surface area (Å²) < 4.78 is 18.5. The Labute approximate surface area is 168 Å². The molecule has 1 saturated heterocycles. The molecule has 0 spiro atoms. The third kappa shape index (κ3) is 5.99. The van der Waals surface area contributed by atoms with Crippen LogP contribution in [-0.4, -0.2) is 37.3 Å². The molecular weight excluding hydrogens is 379 g/mol. The molecule has 3 rings (SSSR count). The summed E-state index contributed by atoms with van der Waals surface area (Å²) in [5, 5.41) is 2.71. The fourth-order valence-electron chi connectivity index (χ4n) is 2.99. The lowest BCUT2D eigenvalue weighted by molar-refractivity contribution is -0.144. The van der Waals surface area contributed by atoms with Crippen LogP contribution in [0.15, 0.2) is 53.4 Å². The fraction of sp³-hybridized carbons (Fsp3) is 0.333. The highest BCUT2D eigenvalue weighted by atomic mass is 32.2. The minimum atomic E-state index is -0.566. The second-order valence-corrected chi connectivity index (χ2v) is 7.54. The Morgan fingerprint density at radius 3 is 2.46 bits per heavy atom. The molecule has 1 N–H and O–H groups in total. The maximum Gasteiger partial charge on any atom is 0.316 e. The van der Waals surface area contributed by atoms with E-state index in [4.69, 9.17) is 4.74 Å². The number of amides is 1. The number of nitrogens with zero attached hydrogens (tertiary/aromatic N) is 1. The van der Waals surface area contributed by atoms with Crippen molar-refractivity contribution in [3.8, 4) is 0 Å². The third-order valence-corrected chi connectivity index (χ3v) is 5.44. The monoisotopic (exact) mass is 402 g/mol. The minimum Gasteiger partial charge on any atom is -0.455 e. The molecule has 0 saturated carbocycles. The molecule has 0 aliphatic carbocycles. The van der Waals surface area contributed by atoms with Gasteiger partial charge in [0.05, 0.1) is 5.75 Å². The lowest BCUT2D eigenvalue weighted by Crippen LogP contribution is -2.29. The van der Waals surface area contributed by atoms with E-state index in [1.807, 2.05) is 24.3 Å². The van der Waals surface area contributed by atoms with E-state index in [0.29, 0.717) is 10.6 Å². The van der Waals surface area contributed by atoms with Gasteiger partial charge in [-0.05, 0) is 55.7 Å². The van der Waals surface area contributed by atoms with Gasteiger partial charge in [-0.1, -0.05) is 12.1 Å². The lowest BCUT2D eigenvalue weighted by atomic mass is 10.1. The van der Waals surface area contributed by atoms with Crippen molar-refractivity contribution < 1.29 is 18.7 Å². The van der Waals surface area contributed by atoms with Crippen molar-refractivity contribution in [1.29, 1.82) is 0 Å². The number of piperidine rings is 1. The van der Waals surface area contributed by atoms with Crippen molar-refractivity contribution in [2.24, 2.45) is 0 Å². The highest BCUT2D eigenvalue weighted by Crippen LogP contribution is 2.22. The number of hydrogen-bond donors (Lipinski definition) is 1. The van der Waals surface area contributed by atoms with Gasteiger partial charge >= 0.3 is 5.97 Å². The van der Waals surface area contributed by atoms with Crippen molar-refractivity contribution >= 4 is 35.0 Å². The molecule has 2 aromatic rings. The zero-order valence-electron chi connectivity index (χ0n) is 15.5. The Hall–Kier alpha value is -2.54. The van der Waals surface area contributed by atoms with Gasteiger partial charge in [-0.3, -0.25) is 9.59 Å². The van der Waals surface area contributed by atoms with Gasteiger partial charge in [0.1, 0.15) is 5.82 Å². The van der Waals surface area contributed by atoms with E-state index >= 15 is 0 Å². The molecule has 0 atom stereocenters. The highest BCUT2D eigenvalue weighted by molar-refractivity contribution is 8.00. The largest absolute Gasteiger partial charge is 0.455 e. The highest BCUT2D eigenvalue weighted by Gasteiger charge is 2.12. The second kappa shape index (κ2) is 10.1. The quantitative estimate of drug-likeness (QED) is 0.558. The molecule has 28 heavy (non-hydrogen) atoms. The summed E-state index contributed by atoms with van der Waals surface area (Å²) in [4.78, 5) is 26.4. The minimum absolute atomic E-state index is 0.0568. The number of thioether (sulfide) groups is 1. The van der Waals surface area contributed by atoms with Gasteiger partial charge in [0, 0.05) is 29.4 Å². The van der Waals surface area contributed by atoms with Crippen molar-refractivity contribution in [2.75, 3.05) is 35.7 Å². The number of benzene rings is 2. The Bertz CT molecular complexity index is 808. The summed E-state index contributed by atoms with van der Waals surface area (Å²) in [5.41, 5.74) is 1.80. The van der Waals surface area contributed by atoms with Crippen LogP contribution in [0.2, 0.25) is 0 Å². The van der Waals surface area contributed by atoms with Gasteiger partial charge in [0.2, 0.25) is 0 Å². The molecular formula is C21H23FN2O3S. The maximum absolute atomic E-state index is 13.5. The molecule has 1 fully saturated rings. The molecule has 0 bridgehead atoms. The van der Waals surface area contributed by atoms with E-state index in [1.165, 1.54) is 25.3 Å². The first kappa shape index (κ1) is 20.2. The number of rotatable bonds is 7. The van der Waals surface area contributed by atoms with Gasteiger partial charge in [0.15, 0.2) is 6.61 Å². The van der Waals surface area contributed by atoms with E-state index < -0.39 is 11.9 Å². The van der Waals surface area contributed by atoms with E-state index in [2.05, 4.69) is 10.2 Å². The molecule has 1 aliphatic heterocycles. The predicted octanol–water partition coefficient (Wildman–Crippen LogP) is 4.09. The van der Waals surface area contributed by atoms with Crippen LogP contribution in [0.4, 0.5) is 15.8 Å². The average molecular weight is 402 g/mol. The average Bonchev–Trinajstić information content (AvgIpc) is 2.73. The van der Waals surface area contributed by atoms with Crippen LogP contribution in [0, 0.1) is 5.82 Å². The predicted molar refractivity (Wildman–Crippen MR) is 109 cm³/mol. The zero-order chi connectivity index (χ0) is 19.8. The van der Waals surface area contributed by atoms with Gasteiger partial charge in [-0.2, -0.15) is 0 Å². The molecule has 1 aliphatic rings. The first-order valence-corrected chi connectivity index (χ1v) is 10.3. The molecule has 7 heteroatoms. The van der Waals surface area contributed by atoms with Crippen molar-refractivity contribution in [3.05, 3.63) is 54.3 Å². The summed E-state index contributed by atoms with van der Waals surface area (Å²) in [7, 11) is 0. The number of nitrogens with one attached hydrogen (secondary N) is 1. The van der Waals surface area contributed by atoms with Gasteiger partial charge < -0.3 is 15.0 Å². The number of carbonyl (C=O) groups excluding carboxylic acids is 2. The molecule has 1 amide bonds. The van der Waals surface area contributed by atoms with Crippen LogP contribution in [0.3, 0.4) is 0 Å². The van der Waals surface area contributed by atoms with Gasteiger partial charge in [0.25, 0.3) is 5.91 Å². The van der Waals surface area contributed by atoms with Gasteiger partial charge in [-0.15, -0.1) is 11.8 Å². The first-order chi connectivity index (χ1) is 13.6. The number of halogens is 1. The summed E-state index contributed by atoms with van der Waals surface area (Å²) in [6, 6.07) is 13.9. The van der Waals surface area contributed by atoms with E-state index in [1.54, 1.807) is 18.2 Å². The number of ether oxygens (including phenoxy) is 1. The Balaban J connectivity index is 1.40. The molecule has 0 aromatic heterocycles. The molecule has 148 valence electrons. The van der Waals surface area contributed by atoms with Crippen LogP contribution >= 0.6 is 11.8 Å². The smallest absolute Gasteiger partial charge is 0.316 e. The van der Waals surface area contributed by atoms with Crippen LogP contribution in [0.25, 0.3) is 0 Å². The van der Waals surface area contributed by atoms with Crippen molar-refractivity contribution in [2.45, 2.75) is 24.2 Å². The summed E-state index contributed by atoms with van der Waals surface area (Å²) in [6.45, 7) is 1.75. The van der Waals surface area contributed by atoms with Crippen LogP contribution in [0.5, 0.6) is 0 Å². The number of hydrogen-bond acceptors (Lipinski definition) is 5. The summed E-state index contributed by atoms with van der Waals surface area (Å²) in [6.07, 6.45) is 3.69. The van der Waals surface area contributed by atoms with Crippen molar-refractivity contribution in [1.82, 2.24) is 0 Å². The van der Waals surface area contributed by atoms with Crippen LogP contribution in [-0.2, 0) is 14.3 Å². The second-order valence-electron chi connectivity index (χ2n) is 6.52. The molecule has 1 heterocycles. The topological polar surface area (TPSA) is 58.6 Å². The normalized spacial score (nSPS) is 13.8. The number of esters is 1. The zero-order valence-corrected chi connectivity index (χ0v) is 16.3. The maximum atomic E-state index is 13.5. The third-order valence-electron chi connectivity index (χ3n) is 4.42. The Kier molecular flexibility index (Phi) is 7.31. The summed E-state index contributed by atoms with van der Waals surface area (Å²) in [5.74, 6) is -1.41. The SMILES string of the molecule is O=C(COC(=O)CSc1ccccc1F)Nc1ccc(N2CCCCC2)cc1. The molecule has 0 unspecified atom stereocenters. The molecule has 0 radical (unpaired) electrons. The first-order valence-electron chi connectivity index (χ1n) is 9.29. The van der Waals surface area contributed by atoms with Crippen LogP contribution in [0.1, 0.15) is 19.3 Å². The standard InChI is InChI=1S/C21H23FN2O3S/c22-18-6-2-3-7-19(18)28-15-21(26)27-14-20(25)23-16-8-10-17(11-9-16)24-12-4-1-5-13-24/h2-3,6-11H,1,4-5,12-15H2,(H,23,25). The molecule has 2 aromatic carbocycles. The van der Waals surface area contributed by atoms with E-state index in [0.717, 1.165) is 30.5 Å².